The molecule has 1 N–H and O–H groups in total. The minimum atomic E-state index is -0.199. The first-order valence-electron chi connectivity index (χ1n) is 4.77. The molecule has 0 aromatic carbocycles. The van der Waals surface area contributed by atoms with E-state index < -0.39 is 0 Å². The summed E-state index contributed by atoms with van der Waals surface area (Å²) in [5, 5.41) is 10.2. The molecule has 2 saturated carbocycles. The van der Waals surface area contributed by atoms with Gasteiger partial charge >= 0.3 is 0 Å². The summed E-state index contributed by atoms with van der Waals surface area (Å²) >= 11 is 4.51. The van der Waals surface area contributed by atoms with Crippen molar-refractivity contribution >= 4 is 12.6 Å². The summed E-state index contributed by atoms with van der Waals surface area (Å²) in [5.41, 5.74) is 0.392. The van der Waals surface area contributed by atoms with Crippen molar-refractivity contribution in [3.05, 3.63) is 0 Å². The fourth-order valence-corrected chi connectivity index (χ4v) is 4.14. The van der Waals surface area contributed by atoms with Crippen LogP contribution in [0.2, 0.25) is 0 Å². The maximum Gasteiger partial charge on any atom is 0.0717 e. The predicted octanol–water partition coefficient (Wildman–Crippen LogP) is 2.10. The fourth-order valence-electron chi connectivity index (χ4n) is 3.29. The molecule has 2 aliphatic rings. The van der Waals surface area contributed by atoms with Gasteiger partial charge in [-0.15, -0.1) is 0 Å². The average Bonchev–Trinajstić information content (AvgIpc) is 2.26. The van der Waals surface area contributed by atoms with Crippen LogP contribution in [0.5, 0.6) is 0 Å². The van der Waals surface area contributed by atoms with Crippen LogP contribution in [0.25, 0.3) is 0 Å². The monoisotopic (exact) mass is 186 g/mol. The number of hydrogen-bond donors (Lipinski definition) is 2. The predicted molar refractivity (Wildman–Crippen MR) is 53.4 cm³/mol. The van der Waals surface area contributed by atoms with Gasteiger partial charge in [-0.1, -0.05) is 20.8 Å². The SMILES string of the molecule is CC1(C)[C@@H]2CCC1(C)[C@H](O)[C@@H]2S. The van der Waals surface area contributed by atoms with Crippen LogP contribution in [0.1, 0.15) is 33.6 Å². The fraction of sp³-hybridized carbons (Fsp3) is 1.00. The van der Waals surface area contributed by atoms with Crippen LogP contribution in [0.15, 0.2) is 0 Å². The third kappa shape index (κ3) is 0.717. The second-order valence-electron chi connectivity index (χ2n) is 5.22. The van der Waals surface area contributed by atoms with Crippen LogP contribution in [0, 0.1) is 16.7 Å². The smallest absolute Gasteiger partial charge is 0.0717 e. The molecule has 2 bridgehead atoms. The Hall–Kier alpha value is 0.310. The van der Waals surface area contributed by atoms with E-state index in [4.69, 9.17) is 0 Å². The zero-order valence-electron chi connectivity index (χ0n) is 8.04. The first-order chi connectivity index (χ1) is 5.41. The van der Waals surface area contributed by atoms with E-state index in [-0.39, 0.29) is 22.2 Å². The Bertz CT molecular complexity index is 214. The van der Waals surface area contributed by atoms with Gasteiger partial charge in [-0.2, -0.15) is 12.6 Å². The molecule has 0 amide bonds. The highest BCUT2D eigenvalue weighted by Gasteiger charge is 2.64. The molecule has 0 spiro atoms. The number of aliphatic hydroxyl groups is 1. The lowest BCUT2D eigenvalue weighted by atomic mass is 9.70. The van der Waals surface area contributed by atoms with Crippen molar-refractivity contribution in [2.75, 3.05) is 0 Å². The molecule has 2 fully saturated rings. The third-order valence-electron chi connectivity index (χ3n) is 4.76. The molecule has 2 heteroatoms. The Morgan fingerprint density at radius 1 is 1.33 bits per heavy atom. The van der Waals surface area contributed by atoms with Crippen molar-refractivity contribution in [2.45, 2.75) is 45.0 Å². The van der Waals surface area contributed by atoms with Crippen LogP contribution < -0.4 is 0 Å². The van der Waals surface area contributed by atoms with Gasteiger partial charge in [-0.3, -0.25) is 0 Å². The van der Waals surface area contributed by atoms with E-state index >= 15 is 0 Å². The molecule has 0 aromatic heterocycles. The van der Waals surface area contributed by atoms with Crippen LogP contribution in [0.3, 0.4) is 0 Å². The molecule has 0 radical (unpaired) electrons. The summed E-state index contributed by atoms with van der Waals surface area (Å²) in [6.45, 7) is 6.78. The summed E-state index contributed by atoms with van der Waals surface area (Å²) in [6.07, 6.45) is 2.21. The van der Waals surface area contributed by atoms with Crippen molar-refractivity contribution in [3.63, 3.8) is 0 Å². The van der Waals surface area contributed by atoms with E-state index in [1.807, 2.05) is 0 Å². The standard InChI is InChI=1S/C10H18OS/c1-9(2)6-4-5-10(9,3)8(11)7(6)12/h6-8,11-12H,4-5H2,1-3H3/t6-,7-,8-,10?/m1/s1. The van der Waals surface area contributed by atoms with Crippen molar-refractivity contribution in [3.8, 4) is 0 Å². The van der Waals surface area contributed by atoms with Gasteiger partial charge in [0.2, 0.25) is 0 Å². The molecular formula is C10H18OS. The van der Waals surface area contributed by atoms with E-state index in [0.717, 1.165) is 0 Å². The van der Waals surface area contributed by atoms with E-state index in [2.05, 4.69) is 33.4 Å². The molecule has 1 unspecified atom stereocenters. The summed E-state index contributed by atoms with van der Waals surface area (Å²) in [6, 6.07) is 0. The van der Waals surface area contributed by atoms with Crippen molar-refractivity contribution in [1.82, 2.24) is 0 Å². The largest absolute Gasteiger partial charge is 0.391 e. The number of fused-ring (bicyclic) bond motifs is 2. The summed E-state index contributed by atoms with van der Waals surface area (Å²) in [5.74, 6) is 0.612. The van der Waals surface area contributed by atoms with E-state index in [0.29, 0.717) is 5.92 Å². The molecule has 4 atom stereocenters. The Labute approximate surface area is 80.0 Å². The maximum absolute atomic E-state index is 10.0. The van der Waals surface area contributed by atoms with Crippen molar-refractivity contribution in [2.24, 2.45) is 16.7 Å². The second-order valence-corrected chi connectivity index (χ2v) is 5.82. The quantitative estimate of drug-likeness (QED) is 0.555. The summed E-state index contributed by atoms with van der Waals surface area (Å²) < 4.78 is 0. The molecule has 0 heterocycles. The van der Waals surface area contributed by atoms with Crippen LogP contribution in [-0.2, 0) is 0 Å². The Kier molecular flexibility index (Phi) is 1.64. The molecule has 2 aliphatic carbocycles. The minimum absolute atomic E-state index is 0.115. The lowest BCUT2D eigenvalue weighted by Crippen LogP contribution is -2.37. The zero-order valence-corrected chi connectivity index (χ0v) is 8.94. The Morgan fingerprint density at radius 2 is 1.92 bits per heavy atom. The lowest BCUT2D eigenvalue weighted by Gasteiger charge is -2.36. The lowest BCUT2D eigenvalue weighted by molar-refractivity contribution is 0.0150. The molecule has 0 saturated heterocycles. The molecule has 70 valence electrons. The van der Waals surface area contributed by atoms with Gasteiger partial charge in [0.25, 0.3) is 0 Å². The first kappa shape index (κ1) is 8.89. The van der Waals surface area contributed by atoms with E-state index in [1.54, 1.807) is 0 Å². The second kappa shape index (κ2) is 2.21. The molecular weight excluding hydrogens is 168 g/mol. The van der Waals surface area contributed by atoms with Gasteiger partial charge in [0.1, 0.15) is 0 Å². The number of hydrogen-bond acceptors (Lipinski definition) is 2. The maximum atomic E-state index is 10.0. The first-order valence-corrected chi connectivity index (χ1v) is 5.29. The highest BCUT2D eigenvalue weighted by atomic mass is 32.1. The topological polar surface area (TPSA) is 20.2 Å². The van der Waals surface area contributed by atoms with E-state index in [9.17, 15) is 5.11 Å². The molecule has 2 rings (SSSR count). The van der Waals surface area contributed by atoms with Gasteiger partial charge in [0.05, 0.1) is 6.10 Å². The highest BCUT2D eigenvalue weighted by Crippen LogP contribution is 2.66. The normalized spacial score (nSPS) is 56.2. The highest BCUT2D eigenvalue weighted by molar-refractivity contribution is 7.81. The Morgan fingerprint density at radius 3 is 2.17 bits per heavy atom. The van der Waals surface area contributed by atoms with Crippen LogP contribution in [-0.4, -0.2) is 16.5 Å². The minimum Gasteiger partial charge on any atom is -0.391 e. The number of thiol groups is 1. The molecule has 0 aliphatic heterocycles. The summed E-state index contributed by atoms with van der Waals surface area (Å²) in [7, 11) is 0. The average molecular weight is 186 g/mol. The third-order valence-corrected chi connectivity index (χ3v) is 5.40. The molecule has 12 heavy (non-hydrogen) atoms. The molecule has 0 aromatic rings. The number of rotatable bonds is 0. The number of aliphatic hydroxyl groups excluding tert-OH is 1. The van der Waals surface area contributed by atoms with Gasteiger partial charge in [0, 0.05) is 5.25 Å². The van der Waals surface area contributed by atoms with Crippen LogP contribution >= 0.6 is 12.6 Å². The van der Waals surface area contributed by atoms with Crippen molar-refractivity contribution in [1.29, 1.82) is 0 Å². The van der Waals surface area contributed by atoms with Crippen LogP contribution in [0.4, 0.5) is 0 Å². The Balaban J connectivity index is 2.44. The van der Waals surface area contributed by atoms with Crippen molar-refractivity contribution < 1.29 is 5.11 Å². The van der Waals surface area contributed by atoms with E-state index in [1.165, 1.54) is 12.8 Å². The summed E-state index contributed by atoms with van der Waals surface area (Å²) in [4.78, 5) is 0. The molecule has 1 nitrogen and oxygen atoms in total. The van der Waals surface area contributed by atoms with Gasteiger partial charge < -0.3 is 5.11 Å². The zero-order chi connectivity index (χ0) is 9.15. The van der Waals surface area contributed by atoms with Gasteiger partial charge in [0.15, 0.2) is 0 Å². The van der Waals surface area contributed by atoms with Gasteiger partial charge in [-0.25, -0.2) is 0 Å². The van der Waals surface area contributed by atoms with Gasteiger partial charge in [-0.05, 0) is 29.6 Å².